The fourth-order valence-electron chi connectivity index (χ4n) is 2.20. The Morgan fingerprint density at radius 3 is 1.00 bits per heavy atom. The predicted octanol–water partition coefficient (Wildman–Crippen LogP) is 4.67. The Balaban J connectivity index is -0.000000372. The smallest absolute Gasteiger partial charge is 0.324 e. The van der Waals surface area contributed by atoms with Gasteiger partial charge < -0.3 is 19.6 Å². The van der Waals surface area contributed by atoms with Crippen molar-refractivity contribution < 1.29 is 28.7 Å². The van der Waals surface area contributed by atoms with E-state index < -0.39 is 15.2 Å². The molecule has 25 heavy (non-hydrogen) atoms. The summed E-state index contributed by atoms with van der Waals surface area (Å²) in [7, 11) is -7.44. The Labute approximate surface area is 183 Å². The third-order valence-corrected chi connectivity index (χ3v) is 5.40. The maximum absolute atomic E-state index is 10.4. The molecule has 0 spiro atoms. The van der Waals surface area contributed by atoms with Gasteiger partial charge in [-0.3, -0.25) is 9.13 Å². The van der Waals surface area contributed by atoms with Gasteiger partial charge in [-0.2, -0.15) is 0 Å². The minimum atomic E-state index is -3.72. The molecule has 0 aliphatic carbocycles. The zero-order chi connectivity index (χ0) is 18.9. The van der Waals surface area contributed by atoms with Gasteiger partial charge in [-0.25, -0.2) is 0 Å². The van der Waals surface area contributed by atoms with Crippen molar-refractivity contribution in [3.8, 4) is 0 Å². The van der Waals surface area contributed by atoms with E-state index in [0.29, 0.717) is 12.8 Å². The van der Waals surface area contributed by atoms with Crippen LogP contribution in [0.3, 0.4) is 0 Å². The second-order valence-corrected chi connectivity index (χ2v) is 9.87. The van der Waals surface area contributed by atoms with Gasteiger partial charge in [-0.05, 0) is 12.8 Å². The van der Waals surface area contributed by atoms with Crippen molar-refractivity contribution in [3.05, 3.63) is 0 Å². The van der Waals surface area contributed by atoms with E-state index in [2.05, 4.69) is 13.8 Å². The molecular formula is C16H38CaO6P2. The molecule has 2 radical (unpaired) electrons. The Morgan fingerprint density at radius 1 is 0.520 bits per heavy atom. The van der Waals surface area contributed by atoms with Gasteiger partial charge in [0, 0.05) is 50.1 Å². The Morgan fingerprint density at radius 2 is 0.760 bits per heavy atom. The normalized spacial score (nSPS) is 11.4. The van der Waals surface area contributed by atoms with Crippen molar-refractivity contribution >= 4 is 52.9 Å². The van der Waals surface area contributed by atoms with E-state index in [-0.39, 0.29) is 50.1 Å². The van der Waals surface area contributed by atoms with Crippen LogP contribution < -0.4 is 0 Å². The summed E-state index contributed by atoms with van der Waals surface area (Å²) in [6.07, 6.45) is 12.8. The molecule has 0 aromatic carbocycles. The van der Waals surface area contributed by atoms with E-state index in [1.807, 2.05) is 0 Å². The summed E-state index contributed by atoms with van der Waals surface area (Å²) in [5, 5.41) is 0. The monoisotopic (exact) mass is 428 g/mol. The van der Waals surface area contributed by atoms with Gasteiger partial charge in [0.05, 0.1) is 0 Å². The molecule has 0 fully saturated rings. The minimum Gasteiger partial charge on any atom is -0.324 e. The summed E-state index contributed by atoms with van der Waals surface area (Å²) in [6.45, 7) is 4.30. The van der Waals surface area contributed by atoms with Crippen LogP contribution in [0, 0.1) is 0 Å². The van der Waals surface area contributed by atoms with E-state index in [1.165, 1.54) is 38.5 Å². The van der Waals surface area contributed by atoms with Gasteiger partial charge in [0.1, 0.15) is 0 Å². The van der Waals surface area contributed by atoms with E-state index >= 15 is 0 Å². The summed E-state index contributed by atoms with van der Waals surface area (Å²) < 4.78 is 20.8. The van der Waals surface area contributed by atoms with Crippen LogP contribution in [0.4, 0.5) is 0 Å². The summed E-state index contributed by atoms with van der Waals surface area (Å²) in [5.74, 6) is 0. The van der Waals surface area contributed by atoms with Gasteiger partial charge >= 0.3 is 15.2 Å². The van der Waals surface area contributed by atoms with Gasteiger partial charge in [0.2, 0.25) is 0 Å². The molecule has 0 aromatic rings. The third kappa shape index (κ3) is 37.1. The van der Waals surface area contributed by atoms with Crippen LogP contribution in [-0.4, -0.2) is 69.6 Å². The van der Waals surface area contributed by atoms with Crippen molar-refractivity contribution in [2.75, 3.05) is 12.3 Å². The Kier molecular flexibility index (Phi) is 25.4. The second kappa shape index (κ2) is 20.3. The second-order valence-electron chi connectivity index (χ2n) is 6.31. The van der Waals surface area contributed by atoms with E-state index in [4.69, 9.17) is 19.6 Å². The Bertz CT molecular complexity index is 323. The van der Waals surface area contributed by atoms with Crippen LogP contribution in [0.2, 0.25) is 0 Å². The van der Waals surface area contributed by atoms with E-state index in [9.17, 15) is 9.13 Å². The maximum Gasteiger partial charge on any atom is 0.325 e. The van der Waals surface area contributed by atoms with Gasteiger partial charge in [0.25, 0.3) is 0 Å². The maximum atomic E-state index is 10.4. The van der Waals surface area contributed by atoms with Crippen molar-refractivity contribution in [1.29, 1.82) is 0 Å². The molecule has 0 saturated heterocycles. The molecule has 0 saturated carbocycles. The molecule has 0 amide bonds. The van der Waals surface area contributed by atoms with Crippen LogP contribution in [0.25, 0.3) is 0 Å². The zero-order valence-corrected chi connectivity index (χ0v) is 20.1. The summed E-state index contributed by atoms with van der Waals surface area (Å²) in [5.41, 5.74) is 0. The van der Waals surface area contributed by atoms with Crippen LogP contribution in [-0.2, 0) is 9.13 Å². The fraction of sp³-hybridized carbons (Fsp3) is 1.00. The molecule has 4 N–H and O–H groups in total. The van der Waals surface area contributed by atoms with Crippen molar-refractivity contribution in [3.63, 3.8) is 0 Å². The largest absolute Gasteiger partial charge is 0.325 e. The average molecular weight is 429 g/mol. The molecule has 0 heterocycles. The first-order valence-corrected chi connectivity index (χ1v) is 12.8. The first kappa shape index (κ1) is 31.3. The first-order valence-electron chi connectivity index (χ1n) is 9.21. The van der Waals surface area contributed by atoms with Gasteiger partial charge in [0.15, 0.2) is 0 Å². The molecule has 0 bridgehead atoms. The van der Waals surface area contributed by atoms with Crippen molar-refractivity contribution in [2.24, 2.45) is 0 Å². The number of rotatable bonds is 14. The van der Waals surface area contributed by atoms with Crippen LogP contribution >= 0.6 is 15.2 Å². The van der Waals surface area contributed by atoms with E-state index in [1.54, 1.807) is 0 Å². The SMILES string of the molecule is CCCCCCCCP(=O)(O)O.CCCCCCCCP(=O)(O)O.[Ca]. The van der Waals surface area contributed by atoms with E-state index in [0.717, 1.165) is 25.7 Å². The van der Waals surface area contributed by atoms with Crippen LogP contribution in [0.1, 0.15) is 90.9 Å². The summed E-state index contributed by atoms with van der Waals surface area (Å²) in [4.78, 5) is 34.1. The Hall–Kier alpha value is 1.56. The predicted molar refractivity (Wildman–Crippen MR) is 106 cm³/mol. The minimum absolute atomic E-state index is 0. The van der Waals surface area contributed by atoms with Crippen molar-refractivity contribution in [2.45, 2.75) is 90.9 Å². The third-order valence-electron chi connectivity index (χ3n) is 3.61. The van der Waals surface area contributed by atoms with Gasteiger partial charge in [-0.15, -0.1) is 0 Å². The zero-order valence-electron chi connectivity index (χ0n) is 16.1. The van der Waals surface area contributed by atoms with Crippen LogP contribution in [0.15, 0.2) is 0 Å². The standard InChI is InChI=1S/2C8H19O3P.Ca/c2*1-2-3-4-5-6-7-8-12(9,10)11;/h2*2-8H2,1H3,(H2,9,10,11);. The van der Waals surface area contributed by atoms with Crippen molar-refractivity contribution in [1.82, 2.24) is 0 Å². The molecular weight excluding hydrogens is 390 g/mol. The molecule has 6 nitrogen and oxygen atoms in total. The molecule has 0 atom stereocenters. The fourth-order valence-corrected chi connectivity index (χ4v) is 3.47. The van der Waals surface area contributed by atoms with Gasteiger partial charge in [-0.1, -0.05) is 78.1 Å². The quantitative estimate of drug-likeness (QED) is 0.182. The number of unbranched alkanes of at least 4 members (excludes halogenated alkanes) is 10. The van der Waals surface area contributed by atoms with Crippen LogP contribution in [0.5, 0.6) is 0 Å². The first-order chi connectivity index (χ1) is 11.1. The average Bonchev–Trinajstić information content (AvgIpc) is 2.45. The molecule has 0 aliphatic rings. The summed E-state index contributed by atoms with van der Waals surface area (Å²) >= 11 is 0. The number of hydrogen-bond acceptors (Lipinski definition) is 2. The molecule has 0 rings (SSSR count). The molecule has 0 unspecified atom stereocenters. The summed E-state index contributed by atoms with van der Waals surface area (Å²) in [6, 6.07) is 0. The molecule has 150 valence electrons. The molecule has 0 aromatic heterocycles. The number of hydrogen-bond donors (Lipinski definition) is 4. The topological polar surface area (TPSA) is 115 Å². The molecule has 9 heteroatoms. The molecule has 0 aliphatic heterocycles.